The zero-order chi connectivity index (χ0) is 21.3. The Morgan fingerprint density at radius 1 is 1.27 bits per heavy atom. The minimum atomic E-state index is -0.280. The van der Waals surface area contributed by atoms with Crippen LogP contribution >= 0.6 is 11.3 Å². The molecule has 158 valence electrons. The summed E-state index contributed by atoms with van der Waals surface area (Å²) >= 11 is 1.40. The Kier molecular flexibility index (Phi) is 5.85. The topological polar surface area (TPSA) is 80.1 Å². The molecule has 1 aliphatic rings. The van der Waals surface area contributed by atoms with Crippen molar-refractivity contribution in [3.63, 3.8) is 0 Å². The Morgan fingerprint density at radius 3 is 2.83 bits per heavy atom. The van der Waals surface area contributed by atoms with Crippen molar-refractivity contribution in [1.82, 2.24) is 19.9 Å². The van der Waals surface area contributed by atoms with E-state index >= 15 is 0 Å². The number of nitrogens with zero attached hydrogens (tertiary/aromatic N) is 4. The molecule has 1 aliphatic heterocycles. The summed E-state index contributed by atoms with van der Waals surface area (Å²) in [4.78, 5) is 37.6. The first kappa shape index (κ1) is 20.5. The summed E-state index contributed by atoms with van der Waals surface area (Å²) in [7, 11) is 1.73. The number of carbonyl (C=O) groups is 1. The van der Waals surface area contributed by atoms with Gasteiger partial charge >= 0.3 is 0 Å². The fourth-order valence-corrected chi connectivity index (χ4v) is 4.99. The molecule has 30 heavy (non-hydrogen) atoms. The first-order valence-corrected chi connectivity index (χ1v) is 11.3. The Balaban J connectivity index is 1.59. The lowest BCUT2D eigenvalue weighted by Crippen LogP contribution is -2.49. The van der Waals surface area contributed by atoms with Crippen LogP contribution in [-0.4, -0.2) is 33.0 Å². The molecule has 1 amide bonds. The van der Waals surface area contributed by atoms with Gasteiger partial charge in [0.1, 0.15) is 11.9 Å². The molecule has 1 atom stereocenters. The van der Waals surface area contributed by atoms with Crippen LogP contribution in [0.1, 0.15) is 43.1 Å². The summed E-state index contributed by atoms with van der Waals surface area (Å²) in [5.41, 5.74) is 2.54. The summed E-state index contributed by atoms with van der Waals surface area (Å²) < 4.78 is 1.56. The van der Waals surface area contributed by atoms with Crippen LogP contribution in [0.4, 0.5) is 5.13 Å². The van der Waals surface area contributed by atoms with Crippen LogP contribution in [0.3, 0.4) is 0 Å². The van der Waals surface area contributed by atoms with Crippen molar-refractivity contribution in [3.8, 4) is 0 Å². The largest absolute Gasteiger partial charge is 0.350 e. The lowest BCUT2D eigenvalue weighted by Gasteiger charge is -2.34. The molecule has 0 aliphatic carbocycles. The molecule has 8 heteroatoms. The van der Waals surface area contributed by atoms with E-state index in [9.17, 15) is 9.59 Å². The minimum absolute atomic E-state index is 0.00678. The third-order valence-electron chi connectivity index (χ3n) is 5.80. The second-order valence-corrected chi connectivity index (χ2v) is 8.70. The monoisotopic (exact) mass is 425 g/mol. The maximum atomic E-state index is 13.0. The molecule has 0 unspecified atom stereocenters. The second-order valence-electron chi connectivity index (χ2n) is 7.75. The number of piperidine rings is 1. The number of benzene rings is 1. The maximum Gasteiger partial charge on any atom is 0.280 e. The van der Waals surface area contributed by atoms with Gasteiger partial charge in [-0.3, -0.25) is 14.2 Å². The molecule has 1 aromatic carbocycles. The number of aryl methyl sites for hydroxylation is 2. The average Bonchev–Trinajstić information content (AvgIpc) is 3.19. The van der Waals surface area contributed by atoms with E-state index in [1.807, 2.05) is 43.0 Å². The van der Waals surface area contributed by atoms with Crippen LogP contribution in [-0.2, 0) is 24.8 Å². The van der Waals surface area contributed by atoms with Crippen LogP contribution in [0.5, 0.6) is 0 Å². The Morgan fingerprint density at radius 2 is 2.07 bits per heavy atom. The number of rotatable bonds is 5. The smallest absolute Gasteiger partial charge is 0.280 e. The predicted molar refractivity (Wildman–Crippen MR) is 120 cm³/mol. The second kappa shape index (κ2) is 8.55. The summed E-state index contributed by atoms with van der Waals surface area (Å²) in [6.07, 6.45) is 3.47. The maximum absolute atomic E-state index is 13.0. The van der Waals surface area contributed by atoms with Crippen molar-refractivity contribution >= 4 is 32.7 Å². The third kappa shape index (κ3) is 3.84. The summed E-state index contributed by atoms with van der Waals surface area (Å²) in [5.74, 6) is 0.751. The first-order valence-electron chi connectivity index (χ1n) is 10.4. The van der Waals surface area contributed by atoms with E-state index in [1.165, 1.54) is 11.3 Å². The number of carbonyl (C=O) groups excluding carboxylic acids is 1. The van der Waals surface area contributed by atoms with E-state index in [2.05, 4.69) is 15.3 Å². The molecule has 4 rings (SSSR count). The van der Waals surface area contributed by atoms with E-state index in [0.29, 0.717) is 28.4 Å². The highest BCUT2D eigenvalue weighted by Crippen LogP contribution is 2.31. The van der Waals surface area contributed by atoms with Gasteiger partial charge in [-0.05, 0) is 37.3 Å². The van der Waals surface area contributed by atoms with E-state index < -0.39 is 0 Å². The molecule has 0 saturated carbocycles. The summed E-state index contributed by atoms with van der Waals surface area (Å²) in [6.45, 7) is 5.30. The molecular weight excluding hydrogens is 398 g/mol. The number of nitrogens with one attached hydrogen (secondary N) is 1. The third-order valence-corrected chi connectivity index (χ3v) is 6.79. The van der Waals surface area contributed by atoms with E-state index in [0.717, 1.165) is 42.8 Å². The molecule has 1 saturated heterocycles. The molecule has 1 N–H and O–H groups in total. The first-order chi connectivity index (χ1) is 14.5. The van der Waals surface area contributed by atoms with Crippen LogP contribution in [0.15, 0.2) is 29.1 Å². The molecule has 0 radical (unpaired) electrons. The number of anilines is 1. The van der Waals surface area contributed by atoms with Gasteiger partial charge in [-0.2, -0.15) is 0 Å². The van der Waals surface area contributed by atoms with Crippen molar-refractivity contribution in [2.75, 3.05) is 11.4 Å². The quantitative estimate of drug-likeness (QED) is 0.680. The molecule has 0 spiro atoms. The van der Waals surface area contributed by atoms with Crippen molar-refractivity contribution in [2.45, 2.75) is 52.1 Å². The number of hydrogen-bond acceptors (Lipinski definition) is 6. The highest BCUT2D eigenvalue weighted by Gasteiger charge is 2.31. The van der Waals surface area contributed by atoms with Gasteiger partial charge in [-0.15, -0.1) is 0 Å². The van der Waals surface area contributed by atoms with Crippen LogP contribution in [0.2, 0.25) is 0 Å². The molecular formula is C22H27N5O2S. The predicted octanol–water partition coefficient (Wildman–Crippen LogP) is 2.94. The zero-order valence-electron chi connectivity index (χ0n) is 17.6. The van der Waals surface area contributed by atoms with Crippen LogP contribution < -0.4 is 15.8 Å². The summed E-state index contributed by atoms with van der Waals surface area (Å²) in [6, 6.07) is 7.79. The van der Waals surface area contributed by atoms with Gasteiger partial charge < -0.3 is 10.2 Å². The standard InChI is InChI=1S/C22H27N5O2S/c1-4-17-24-20-18(21(29)26(17)3)25-22(30-20)27-12-8-7-11-16(27)19(28)23-13-15-10-6-5-9-14(15)2/h5-6,9-10,16H,4,7-8,11-13H2,1-3H3,(H,23,28)/t16-/m1/s1. The highest BCUT2D eigenvalue weighted by atomic mass is 32.1. The summed E-state index contributed by atoms with van der Waals surface area (Å²) in [5, 5.41) is 3.80. The normalized spacial score (nSPS) is 16.8. The van der Waals surface area contributed by atoms with Crippen LogP contribution in [0, 0.1) is 6.92 Å². The number of amides is 1. The van der Waals surface area contributed by atoms with Gasteiger partial charge in [0.05, 0.1) is 0 Å². The van der Waals surface area contributed by atoms with Crippen molar-refractivity contribution in [3.05, 3.63) is 51.6 Å². The van der Waals surface area contributed by atoms with Gasteiger partial charge in [-0.1, -0.05) is 42.5 Å². The van der Waals surface area contributed by atoms with E-state index in [4.69, 9.17) is 0 Å². The highest BCUT2D eigenvalue weighted by molar-refractivity contribution is 7.21. The van der Waals surface area contributed by atoms with Gasteiger partial charge in [0.25, 0.3) is 5.56 Å². The lowest BCUT2D eigenvalue weighted by molar-refractivity contribution is -0.123. The van der Waals surface area contributed by atoms with E-state index in [1.54, 1.807) is 11.6 Å². The number of hydrogen-bond donors (Lipinski definition) is 1. The fourth-order valence-electron chi connectivity index (χ4n) is 3.97. The van der Waals surface area contributed by atoms with Gasteiger partial charge in [0, 0.05) is 26.6 Å². The molecule has 7 nitrogen and oxygen atoms in total. The Bertz CT molecular complexity index is 1140. The van der Waals surface area contributed by atoms with Crippen molar-refractivity contribution in [1.29, 1.82) is 0 Å². The molecule has 0 bridgehead atoms. The number of thiazole rings is 1. The zero-order valence-corrected chi connectivity index (χ0v) is 18.5. The van der Waals surface area contributed by atoms with Gasteiger partial charge in [0.2, 0.25) is 5.91 Å². The Labute approximate surface area is 179 Å². The molecule has 3 heterocycles. The lowest BCUT2D eigenvalue weighted by atomic mass is 10.0. The van der Waals surface area contributed by atoms with Gasteiger partial charge in [0.15, 0.2) is 15.5 Å². The Hall–Kier alpha value is -2.74. The molecule has 2 aromatic heterocycles. The minimum Gasteiger partial charge on any atom is -0.350 e. The van der Waals surface area contributed by atoms with Crippen molar-refractivity contribution in [2.24, 2.45) is 7.05 Å². The van der Waals surface area contributed by atoms with Gasteiger partial charge in [-0.25, -0.2) is 9.97 Å². The molecule has 1 fully saturated rings. The number of fused-ring (bicyclic) bond motifs is 1. The van der Waals surface area contributed by atoms with Crippen molar-refractivity contribution < 1.29 is 4.79 Å². The van der Waals surface area contributed by atoms with E-state index in [-0.39, 0.29) is 17.5 Å². The average molecular weight is 426 g/mol. The number of aromatic nitrogens is 3. The fraction of sp³-hybridized carbons (Fsp3) is 0.455. The molecule has 3 aromatic rings. The van der Waals surface area contributed by atoms with Crippen LogP contribution in [0.25, 0.3) is 10.3 Å². The SMILES string of the molecule is CCc1nc2sc(N3CCCC[C@@H]3C(=O)NCc3ccccc3C)nc2c(=O)n1C.